The van der Waals surface area contributed by atoms with Crippen LogP contribution in [0.25, 0.3) is 16.9 Å². The normalized spacial score (nSPS) is 10.9. The second kappa shape index (κ2) is 4.45. The number of aryl methyl sites for hydroxylation is 2. The van der Waals surface area contributed by atoms with Gasteiger partial charge in [-0.1, -0.05) is 18.2 Å². The van der Waals surface area contributed by atoms with E-state index >= 15 is 0 Å². The predicted octanol–water partition coefficient (Wildman–Crippen LogP) is 3.53. The van der Waals surface area contributed by atoms with Crippen LogP contribution in [0.4, 0.5) is 5.69 Å². The molecule has 20 heavy (non-hydrogen) atoms. The van der Waals surface area contributed by atoms with E-state index in [9.17, 15) is 10.1 Å². The van der Waals surface area contributed by atoms with E-state index < -0.39 is 0 Å². The maximum atomic E-state index is 11.0. The summed E-state index contributed by atoms with van der Waals surface area (Å²) in [6.45, 7) is 3.72. The van der Waals surface area contributed by atoms with Gasteiger partial charge in [0.15, 0.2) is 0 Å². The number of pyridine rings is 1. The summed E-state index contributed by atoms with van der Waals surface area (Å²) in [5, 5.41) is 11.0. The standard InChI is InChI=1S/C15H13N3O2/c1-10-5-6-12(8-14(10)18(19)20)13-9-17-7-3-4-11(2)15(17)16-13/h3-9H,1-2H3. The van der Waals surface area contributed by atoms with Crippen LogP contribution in [-0.2, 0) is 0 Å². The molecule has 0 N–H and O–H groups in total. The number of nitro groups is 1. The van der Waals surface area contributed by atoms with E-state index in [2.05, 4.69) is 4.98 Å². The van der Waals surface area contributed by atoms with Crippen molar-refractivity contribution in [1.82, 2.24) is 9.38 Å². The lowest BCUT2D eigenvalue weighted by molar-refractivity contribution is -0.385. The van der Waals surface area contributed by atoms with Gasteiger partial charge in [0, 0.05) is 29.6 Å². The highest BCUT2D eigenvalue weighted by Crippen LogP contribution is 2.26. The van der Waals surface area contributed by atoms with Crippen LogP contribution < -0.4 is 0 Å². The molecule has 0 saturated carbocycles. The molecular weight excluding hydrogens is 254 g/mol. The number of imidazole rings is 1. The zero-order valence-electron chi connectivity index (χ0n) is 11.2. The van der Waals surface area contributed by atoms with Crippen molar-refractivity contribution in [3.63, 3.8) is 0 Å². The Kier molecular flexibility index (Phi) is 2.75. The third kappa shape index (κ3) is 1.93. The smallest absolute Gasteiger partial charge is 0.272 e. The molecule has 3 rings (SSSR count). The number of fused-ring (bicyclic) bond motifs is 1. The molecule has 0 aliphatic rings. The summed E-state index contributed by atoms with van der Waals surface area (Å²) in [5.41, 5.74) is 4.20. The number of hydrogen-bond acceptors (Lipinski definition) is 3. The molecule has 2 heterocycles. The summed E-state index contributed by atoms with van der Waals surface area (Å²) in [4.78, 5) is 15.2. The van der Waals surface area contributed by atoms with E-state index in [4.69, 9.17) is 0 Å². The van der Waals surface area contributed by atoms with Gasteiger partial charge in [-0.2, -0.15) is 0 Å². The number of hydrogen-bond donors (Lipinski definition) is 0. The number of rotatable bonds is 2. The number of aromatic nitrogens is 2. The highest BCUT2D eigenvalue weighted by atomic mass is 16.6. The SMILES string of the molecule is Cc1ccc(-c2cn3cccc(C)c3n2)cc1[N+](=O)[O-]. The molecule has 0 spiro atoms. The van der Waals surface area contributed by atoms with Gasteiger partial charge in [-0.15, -0.1) is 0 Å². The van der Waals surface area contributed by atoms with E-state index in [1.54, 1.807) is 19.1 Å². The molecule has 3 aromatic rings. The van der Waals surface area contributed by atoms with Crippen molar-refractivity contribution in [2.24, 2.45) is 0 Å². The Balaban J connectivity index is 2.18. The molecule has 0 fully saturated rings. The zero-order valence-corrected chi connectivity index (χ0v) is 11.2. The van der Waals surface area contributed by atoms with Gasteiger partial charge < -0.3 is 4.40 Å². The lowest BCUT2D eigenvalue weighted by Gasteiger charge is -1.99. The lowest BCUT2D eigenvalue weighted by atomic mass is 10.1. The molecule has 0 radical (unpaired) electrons. The maximum Gasteiger partial charge on any atom is 0.272 e. The van der Waals surface area contributed by atoms with E-state index in [0.29, 0.717) is 5.56 Å². The Morgan fingerprint density at radius 2 is 2.00 bits per heavy atom. The van der Waals surface area contributed by atoms with Gasteiger partial charge in [-0.05, 0) is 25.5 Å². The van der Waals surface area contributed by atoms with Crippen LogP contribution in [0.1, 0.15) is 11.1 Å². The quantitative estimate of drug-likeness (QED) is 0.527. The van der Waals surface area contributed by atoms with Gasteiger partial charge in [0.25, 0.3) is 5.69 Å². The first kappa shape index (κ1) is 12.3. The van der Waals surface area contributed by atoms with Crippen LogP contribution in [0.5, 0.6) is 0 Å². The summed E-state index contributed by atoms with van der Waals surface area (Å²) in [5.74, 6) is 0. The predicted molar refractivity (Wildman–Crippen MR) is 76.8 cm³/mol. The van der Waals surface area contributed by atoms with Crippen molar-refractivity contribution in [3.05, 3.63) is 64.0 Å². The fourth-order valence-corrected chi connectivity index (χ4v) is 2.26. The molecule has 0 amide bonds. The summed E-state index contributed by atoms with van der Waals surface area (Å²) in [6, 6.07) is 9.13. The van der Waals surface area contributed by atoms with Crippen molar-refractivity contribution in [1.29, 1.82) is 0 Å². The molecule has 5 nitrogen and oxygen atoms in total. The minimum absolute atomic E-state index is 0.122. The maximum absolute atomic E-state index is 11.0. The average molecular weight is 267 g/mol. The first-order chi connectivity index (χ1) is 9.56. The third-order valence-corrected chi connectivity index (χ3v) is 3.38. The van der Waals surface area contributed by atoms with Crippen LogP contribution in [0.2, 0.25) is 0 Å². The topological polar surface area (TPSA) is 60.4 Å². The fourth-order valence-electron chi connectivity index (χ4n) is 2.26. The van der Waals surface area contributed by atoms with Crippen molar-refractivity contribution >= 4 is 11.3 Å². The molecule has 0 aliphatic carbocycles. The van der Waals surface area contributed by atoms with Crippen molar-refractivity contribution < 1.29 is 4.92 Å². The van der Waals surface area contributed by atoms with Crippen LogP contribution in [0, 0.1) is 24.0 Å². The minimum Gasteiger partial charge on any atom is -0.306 e. The molecule has 5 heteroatoms. The summed E-state index contributed by atoms with van der Waals surface area (Å²) < 4.78 is 1.93. The molecule has 2 aromatic heterocycles. The van der Waals surface area contributed by atoms with Gasteiger partial charge in [-0.25, -0.2) is 4.98 Å². The van der Waals surface area contributed by atoms with E-state index in [1.165, 1.54) is 0 Å². The summed E-state index contributed by atoms with van der Waals surface area (Å²) >= 11 is 0. The Morgan fingerprint density at radius 3 is 2.70 bits per heavy atom. The van der Waals surface area contributed by atoms with Gasteiger partial charge in [0.1, 0.15) is 5.65 Å². The van der Waals surface area contributed by atoms with Gasteiger partial charge in [0.2, 0.25) is 0 Å². The average Bonchev–Trinajstić information content (AvgIpc) is 2.84. The molecule has 0 saturated heterocycles. The molecule has 100 valence electrons. The summed E-state index contributed by atoms with van der Waals surface area (Å²) in [6.07, 6.45) is 3.80. The number of benzene rings is 1. The second-order valence-electron chi connectivity index (χ2n) is 4.81. The van der Waals surface area contributed by atoms with Crippen molar-refractivity contribution in [3.8, 4) is 11.3 Å². The Bertz CT molecular complexity index is 821. The largest absolute Gasteiger partial charge is 0.306 e. The van der Waals surface area contributed by atoms with Crippen molar-refractivity contribution in [2.45, 2.75) is 13.8 Å². The van der Waals surface area contributed by atoms with E-state index in [-0.39, 0.29) is 10.6 Å². The second-order valence-corrected chi connectivity index (χ2v) is 4.81. The van der Waals surface area contributed by atoms with Crippen LogP contribution in [0.15, 0.2) is 42.7 Å². The van der Waals surface area contributed by atoms with E-state index in [0.717, 1.165) is 22.5 Å². The van der Waals surface area contributed by atoms with Gasteiger partial charge in [0.05, 0.1) is 10.6 Å². The molecule has 0 aliphatic heterocycles. The fraction of sp³-hybridized carbons (Fsp3) is 0.133. The highest BCUT2D eigenvalue weighted by molar-refractivity contribution is 5.67. The minimum atomic E-state index is -0.361. The van der Waals surface area contributed by atoms with Gasteiger partial charge >= 0.3 is 0 Å². The number of nitro benzene ring substituents is 1. The van der Waals surface area contributed by atoms with Crippen LogP contribution in [0.3, 0.4) is 0 Å². The Labute approximate surface area is 115 Å². The monoisotopic (exact) mass is 267 g/mol. The van der Waals surface area contributed by atoms with Crippen LogP contribution in [-0.4, -0.2) is 14.3 Å². The first-order valence-corrected chi connectivity index (χ1v) is 6.26. The zero-order chi connectivity index (χ0) is 14.3. The lowest BCUT2D eigenvalue weighted by Crippen LogP contribution is -1.92. The molecule has 1 aromatic carbocycles. The molecular formula is C15H13N3O2. The number of nitrogens with zero attached hydrogens (tertiary/aromatic N) is 3. The van der Waals surface area contributed by atoms with Gasteiger partial charge in [-0.3, -0.25) is 10.1 Å². The third-order valence-electron chi connectivity index (χ3n) is 3.38. The van der Waals surface area contributed by atoms with E-state index in [1.807, 2.05) is 41.9 Å². The Hall–Kier alpha value is -2.69. The molecule has 0 unspecified atom stereocenters. The molecule has 0 bridgehead atoms. The highest BCUT2D eigenvalue weighted by Gasteiger charge is 2.13. The van der Waals surface area contributed by atoms with Crippen molar-refractivity contribution in [2.75, 3.05) is 0 Å². The first-order valence-electron chi connectivity index (χ1n) is 6.26. The Morgan fingerprint density at radius 1 is 1.20 bits per heavy atom. The van der Waals surface area contributed by atoms with Crippen LogP contribution >= 0.6 is 0 Å². The molecule has 0 atom stereocenters. The summed E-state index contributed by atoms with van der Waals surface area (Å²) in [7, 11) is 0.